The molecule has 0 radical (unpaired) electrons. The topological polar surface area (TPSA) is 64.4 Å². The Balaban J connectivity index is 2.66. The van der Waals surface area contributed by atoms with Crippen LogP contribution in [0.25, 0.3) is 0 Å². The Hall–Kier alpha value is -1.50. The van der Waals surface area contributed by atoms with Gasteiger partial charge in [0, 0.05) is 7.05 Å². The molecular weight excluding hydrogens is 210 g/mol. The van der Waals surface area contributed by atoms with Gasteiger partial charge in [-0.2, -0.15) is 5.10 Å². The van der Waals surface area contributed by atoms with Gasteiger partial charge in [0.15, 0.2) is 0 Å². The van der Waals surface area contributed by atoms with E-state index < -0.39 is 19.0 Å². The molecule has 0 amide bonds. The molecule has 0 bridgehead atoms. The minimum atomic E-state index is -2.56. The number of aromatic nitrogens is 2. The number of rotatable bonds is 5. The predicted molar refractivity (Wildman–Crippen MR) is 45.8 cm³/mol. The van der Waals surface area contributed by atoms with Crippen molar-refractivity contribution < 1.29 is 23.4 Å². The third-order valence-electron chi connectivity index (χ3n) is 1.77. The van der Waals surface area contributed by atoms with Crippen molar-refractivity contribution in [3.05, 3.63) is 17.5 Å². The predicted octanol–water partition coefficient (Wildman–Crippen LogP) is 0.900. The molecule has 15 heavy (non-hydrogen) atoms. The highest BCUT2D eigenvalue weighted by atomic mass is 19.3. The highest BCUT2D eigenvalue weighted by molar-refractivity contribution is 5.88. The van der Waals surface area contributed by atoms with Gasteiger partial charge < -0.3 is 9.84 Å². The van der Waals surface area contributed by atoms with Gasteiger partial charge in [-0.15, -0.1) is 0 Å². The van der Waals surface area contributed by atoms with Crippen LogP contribution in [0, 0.1) is 0 Å². The molecular formula is C8H10F2N2O3. The van der Waals surface area contributed by atoms with E-state index in [1.165, 1.54) is 11.7 Å². The van der Waals surface area contributed by atoms with Gasteiger partial charge in [-0.1, -0.05) is 0 Å². The van der Waals surface area contributed by atoms with Crippen LogP contribution in [0.5, 0.6) is 0 Å². The summed E-state index contributed by atoms with van der Waals surface area (Å²) in [6.07, 6.45) is -1.41. The van der Waals surface area contributed by atoms with Crippen molar-refractivity contribution in [1.82, 2.24) is 9.78 Å². The average Bonchev–Trinajstić information content (AvgIpc) is 2.47. The quantitative estimate of drug-likeness (QED) is 0.800. The number of aromatic carboxylic acids is 1. The molecule has 0 aromatic carbocycles. The zero-order valence-corrected chi connectivity index (χ0v) is 7.98. The van der Waals surface area contributed by atoms with Gasteiger partial charge in [0.2, 0.25) is 0 Å². The normalized spacial score (nSPS) is 10.9. The second kappa shape index (κ2) is 4.83. The molecule has 1 aromatic heterocycles. The van der Waals surface area contributed by atoms with E-state index in [1.54, 1.807) is 0 Å². The minimum absolute atomic E-state index is 0.0354. The van der Waals surface area contributed by atoms with E-state index >= 15 is 0 Å². The van der Waals surface area contributed by atoms with E-state index in [-0.39, 0.29) is 17.9 Å². The van der Waals surface area contributed by atoms with Gasteiger partial charge in [-0.25, -0.2) is 13.6 Å². The van der Waals surface area contributed by atoms with Crippen molar-refractivity contribution in [2.75, 3.05) is 6.61 Å². The number of nitrogens with zero attached hydrogens (tertiary/aromatic N) is 2. The van der Waals surface area contributed by atoms with Crippen LogP contribution in [0.4, 0.5) is 8.78 Å². The van der Waals surface area contributed by atoms with Gasteiger partial charge in [-0.3, -0.25) is 4.68 Å². The lowest BCUT2D eigenvalue weighted by Gasteiger charge is -2.05. The van der Waals surface area contributed by atoms with E-state index in [9.17, 15) is 13.6 Å². The van der Waals surface area contributed by atoms with E-state index in [0.29, 0.717) is 0 Å². The van der Waals surface area contributed by atoms with Crippen LogP contribution < -0.4 is 0 Å². The van der Waals surface area contributed by atoms with Gasteiger partial charge in [0.1, 0.15) is 12.2 Å². The van der Waals surface area contributed by atoms with Gasteiger partial charge in [0.25, 0.3) is 6.43 Å². The van der Waals surface area contributed by atoms with Gasteiger partial charge >= 0.3 is 5.97 Å². The van der Waals surface area contributed by atoms with Crippen LogP contribution in [0.3, 0.4) is 0 Å². The number of hydrogen-bond acceptors (Lipinski definition) is 3. The van der Waals surface area contributed by atoms with Crippen molar-refractivity contribution in [1.29, 1.82) is 0 Å². The average molecular weight is 220 g/mol. The molecule has 5 nitrogen and oxygen atoms in total. The van der Waals surface area contributed by atoms with E-state index in [4.69, 9.17) is 5.11 Å². The zero-order chi connectivity index (χ0) is 11.4. The Morgan fingerprint density at radius 1 is 1.73 bits per heavy atom. The Kier molecular flexibility index (Phi) is 3.73. The first-order chi connectivity index (χ1) is 7.02. The second-order valence-electron chi connectivity index (χ2n) is 2.84. The fourth-order valence-corrected chi connectivity index (χ4v) is 1.06. The molecule has 0 unspecified atom stereocenters. The molecule has 0 aliphatic carbocycles. The molecule has 0 saturated heterocycles. The number of aryl methyl sites for hydroxylation is 1. The number of carboxylic acid groups (broad SMARTS) is 1. The number of alkyl halides is 2. The zero-order valence-electron chi connectivity index (χ0n) is 7.98. The minimum Gasteiger partial charge on any atom is -0.478 e. The molecule has 0 fully saturated rings. The van der Waals surface area contributed by atoms with Crippen LogP contribution in [-0.2, 0) is 18.4 Å². The first kappa shape index (κ1) is 11.6. The fraction of sp³-hybridized carbons (Fsp3) is 0.500. The summed E-state index contributed by atoms with van der Waals surface area (Å²) in [5, 5.41) is 12.4. The summed E-state index contributed by atoms with van der Waals surface area (Å²) in [5.74, 6) is -1.15. The van der Waals surface area contributed by atoms with Crippen LogP contribution in [0.1, 0.15) is 16.1 Å². The van der Waals surface area contributed by atoms with Crippen molar-refractivity contribution in [2.24, 2.45) is 7.05 Å². The maximum absolute atomic E-state index is 11.8. The summed E-state index contributed by atoms with van der Waals surface area (Å²) in [6, 6.07) is 0. The highest BCUT2D eigenvalue weighted by Crippen LogP contribution is 2.09. The lowest BCUT2D eigenvalue weighted by atomic mass is 10.2. The van der Waals surface area contributed by atoms with Crippen LogP contribution in [0.2, 0.25) is 0 Å². The monoisotopic (exact) mass is 220 g/mol. The SMILES string of the molecule is Cn1ncc(C(=O)O)c1COCC(F)F. The summed E-state index contributed by atoms with van der Waals surface area (Å²) >= 11 is 0. The lowest BCUT2D eigenvalue weighted by molar-refractivity contribution is 0.00757. The van der Waals surface area contributed by atoms with Gasteiger partial charge in [0.05, 0.1) is 18.5 Å². The molecule has 84 valence electrons. The Morgan fingerprint density at radius 2 is 2.40 bits per heavy atom. The maximum Gasteiger partial charge on any atom is 0.339 e. The first-order valence-electron chi connectivity index (χ1n) is 4.12. The number of carbonyl (C=O) groups is 1. The molecule has 1 aromatic rings. The third-order valence-corrected chi connectivity index (χ3v) is 1.77. The van der Waals surface area contributed by atoms with Crippen molar-refractivity contribution in [2.45, 2.75) is 13.0 Å². The molecule has 1 rings (SSSR count). The fourth-order valence-electron chi connectivity index (χ4n) is 1.06. The van der Waals surface area contributed by atoms with Crippen LogP contribution in [-0.4, -0.2) is 33.9 Å². The van der Waals surface area contributed by atoms with Crippen LogP contribution in [0.15, 0.2) is 6.20 Å². The highest BCUT2D eigenvalue weighted by Gasteiger charge is 2.15. The summed E-state index contributed by atoms with van der Waals surface area (Å²) in [4.78, 5) is 10.7. The van der Waals surface area contributed by atoms with Crippen molar-refractivity contribution in [3.8, 4) is 0 Å². The molecule has 7 heteroatoms. The molecule has 0 saturated carbocycles. The van der Waals surface area contributed by atoms with E-state index in [1.807, 2.05) is 0 Å². The van der Waals surface area contributed by atoms with E-state index in [0.717, 1.165) is 6.20 Å². The smallest absolute Gasteiger partial charge is 0.339 e. The van der Waals surface area contributed by atoms with Crippen LogP contribution >= 0.6 is 0 Å². The number of carboxylic acids is 1. The summed E-state index contributed by atoms with van der Waals surface area (Å²) in [6.45, 7) is -0.910. The third kappa shape index (κ3) is 2.98. The number of ether oxygens (including phenoxy) is 1. The van der Waals surface area contributed by atoms with Gasteiger partial charge in [-0.05, 0) is 0 Å². The van der Waals surface area contributed by atoms with E-state index in [2.05, 4.69) is 9.84 Å². The molecule has 0 aliphatic heterocycles. The molecule has 1 heterocycles. The first-order valence-corrected chi connectivity index (χ1v) is 4.12. The summed E-state index contributed by atoms with van der Waals surface area (Å²) in [7, 11) is 1.52. The Labute approximate surface area is 84.3 Å². The maximum atomic E-state index is 11.8. The molecule has 0 atom stereocenters. The number of halogens is 2. The van der Waals surface area contributed by atoms with Crippen molar-refractivity contribution in [3.63, 3.8) is 0 Å². The van der Waals surface area contributed by atoms with Crippen molar-refractivity contribution >= 4 is 5.97 Å². The largest absolute Gasteiger partial charge is 0.478 e. The molecule has 0 spiro atoms. The number of hydrogen-bond donors (Lipinski definition) is 1. The molecule has 0 aliphatic rings. The second-order valence-corrected chi connectivity index (χ2v) is 2.84. The standard InChI is InChI=1S/C8H10F2N2O3/c1-12-6(3-15-4-7(9)10)5(2-11-12)8(13)14/h2,7H,3-4H2,1H3,(H,13,14). The summed E-state index contributed by atoms with van der Waals surface area (Å²) in [5.41, 5.74) is 0.231. The molecule has 1 N–H and O–H groups in total. The Bertz CT molecular complexity index is 352. The summed E-state index contributed by atoms with van der Waals surface area (Å²) < 4.78 is 29.4. The Morgan fingerprint density at radius 3 is 2.93 bits per heavy atom. The lowest BCUT2D eigenvalue weighted by Crippen LogP contribution is -2.10.